The molecule has 1 aromatic rings. The molecule has 114 valence electrons. The summed E-state index contributed by atoms with van der Waals surface area (Å²) in [7, 11) is 0. The SMILES string of the molecule is CCCCCCCC(I)(CC)c1cc(O)c(I)cc1O. The van der Waals surface area contributed by atoms with Crippen molar-refractivity contribution in [2.45, 2.75) is 62.2 Å². The summed E-state index contributed by atoms with van der Waals surface area (Å²) in [6.45, 7) is 4.37. The number of phenolic OH excluding ortho intramolecular Hbond substituents is 2. The average molecular weight is 502 g/mol. The van der Waals surface area contributed by atoms with Crippen LogP contribution in [0, 0.1) is 3.57 Å². The fourth-order valence-electron chi connectivity index (χ4n) is 2.42. The third-order valence-corrected chi connectivity index (χ3v) is 6.53. The Morgan fingerprint density at radius 3 is 2.25 bits per heavy atom. The molecule has 20 heavy (non-hydrogen) atoms. The van der Waals surface area contributed by atoms with E-state index in [1.807, 2.05) is 22.6 Å². The van der Waals surface area contributed by atoms with Gasteiger partial charge in [-0.3, -0.25) is 0 Å². The summed E-state index contributed by atoms with van der Waals surface area (Å²) in [5.41, 5.74) is 0.869. The number of benzene rings is 1. The lowest BCUT2D eigenvalue weighted by Crippen LogP contribution is -2.17. The molecule has 0 fully saturated rings. The van der Waals surface area contributed by atoms with Crippen molar-refractivity contribution in [2.24, 2.45) is 0 Å². The molecule has 0 saturated heterocycles. The third-order valence-electron chi connectivity index (χ3n) is 3.78. The van der Waals surface area contributed by atoms with Gasteiger partial charge in [-0.1, -0.05) is 68.5 Å². The van der Waals surface area contributed by atoms with Crippen molar-refractivity contribution in [1.29, 1.82) is 0 Å². The Kier molecular flexibility index (Phi) is 7.93. The summed E-state index contributed by atoms with van der Waals surface area (Å²) in [5, 5.41) is 20.1. The summed E-state index contributed by atoms with van der Waals surface area (Å²) in [6.07, 6.45) is 8.26. The van der Waals surface area contributed by atoms with Crippen molar-refractivity contribution in [3.8, 4) is 11.5 Å². The maximum absolute atomic E-state index is 10.2. The number of rotatable bonds is 8. The molecule has 1 unspecified atom stereocenters. The number of aromatic hydroxyl groups is 2. The van der Waals surface area contributed by atoms with Crippen LogP contribution < -0.4 is 0 Å². The molecule has 4 heteroatoms. The van der Waals surface area contributed by atoms with Gasteiger partial charge >= 0.3 is 0 Å². The lowest BCUT2D eigenvalue weighted by Gasteiger charge is -2.28. The molecule has 0 amide bonds. The Morgan fingerprint density at radius 2 is 1.65 bits per heavy atom. The van der Waals surface area contributed by atoms with Crippen molar-refractivity contribution in [3.05, 3.63) is 21.3 Å². The quantitative estimate of drug-likeness (QED) is 0.195. The van der Waals surface area contributed by atoms with Gasteiger partial charge in [0, 0.05) is 5.56 Å². The van der Waals surface area contributed by atoms with E-state index in [4.69, 9.17) is 0 Å². The zero-order valence-electron chi connectivity index (χ0n) is 12.3. The summed E-state index contributed by atoms with van der Waals surface area (Å²) < 4.78 is 0.609. The summed E-state index contributed by atoms with van der Waals surface area (Å²) >= 11 is 4.48. The molecule has 0 radical (unpaired) electrons. The normalized spacial score (nSPS) is 14.2. The Bertz CT molecular complexity index is 435. The van der Waals surface area contributed by atoms with Gasteiger partial charge in [0.05, 0.1) is 6.99 Å². The van der Waals surface area contributed by atoms with Gasteiger partial charge in [0.25, 0.3) is 0 Å². The van der Waals surface area contributed by atoms with Crippen LogP contribution in [0.1, 0.15) is 64.4 Å². The van der Waals surface area contributed by atoms with Crippen LogP contribution in [-0.4, -0.2) is 10.2 Å². The monoisotopic (exact) mass is 502 g/mol. The van der Waals surface area contributed by atoms with Gasteiger partial charge in [-0.05, 0) is 47.6 Å². The second-order valence-corrected chi connectivity index (χ2v) is 8.53. The number of halogens is 2. The summed E-state index contributed by atoms with van der Waals surface area (Å²) in [5.74, 6) is 0.566. The molecular weight excluding hydrogens is 478 g/mol. The van der Waals surface area contributed by atoms with Crippen molar-refractivity contribution in [2.75, 3.05) is 0 Å². The van der Waals surface area contributed by atoms with Crippen LogP contribution in [0.15, 0.2) is 12.1 Å². The minimum atomic E-state index is -0.0874. The van der Waals surface area contributed by atoms with Gasteiger partial charge in [0.15, 0.2) is 0 Å². The smallest absolute Gasteiger partial charge is 0.129 e. The average Bonchev–Trinajstić information content (AvgIpc) is 2.42. The maximum atomic E-state index is 10.2. The van der Waals surface area contributed by atoms with E-state index >= 15 is 0 Å². The van der Waals surface area contributed by atoms with Gasteiger partial charge in [-0.2, -0.15) is 0 Å². The van der Waals surface area contributed by atoms with E-state index in [2.05, 4.69) is 36.4 Å². The highest BCUT2D eigenvalue weighted by Gasteiger charge is 2.30. The van der Waals surface area contributed by atoms with E-state index in [1.54, 1.807) is 12.1 Å². The molecule has 1 rings (SSSR count). The molecule has 2 N–H and O–H groups in total. The van der Waals surface area contributed by atoms with E-state index in [9.17, 15) is 10.2 Å². The molecule has 1 atom stereocenters. The Balaban J connectivity index is 2.80. The van der Waals surface area contributed by atoms with Crippen LogP contribution in [0.4, 0.5) is 0 Å². The minimum absolute atomic E-state index is 0.0874. The van der Waals surface area contributed by atoms with Crippen LogP contribution in [0.2, 0.25) is 0 Å². The minimum Gasteiger partial charge on any atom is -0.508 e. The van der Waals surface area contributed by atoms with Crippen LogP contribution in [0.25, 0.3) is 0 Å². The van der Waals surface area contributed by atoms with Crippen molar-refractivity contribution >= 4 is 45.2 Å². The van der Waals surface area contributed by atoms with E-state index in [1.165, 1.54) is 32.1 Å². The zero-order valence-corrected chi connectivity index (χ0v) is 16.6. The highest BCUT2D eigenvalue weighted by molar-refractivity contribution is 14.1. The van der Waals surface area contributed by atoms with Crippen LogP contribution in [-0.2, 0) is 3.42 Å². The molecule has 0 heterocycles. The fraction of sp³-hybridized carbons (Fsp3) is 0.625. The van der Waals surface area contributed by atoms with Crippen molar-refractivity contribution in [3.63, 3.8) is 0 Å². The van der Waals surface area contributed by atoms with Crippen molar-refractivity contribution in [1.82, 2.24) is 0 Å². The Hall–Kier alpha value is 0.280. The predicted octanol–water partition coefficient (Wildman–Crippen LogP) is 6.10. The highest BCUT2D eigenvalue weighted by atomic mass is 127. The second-order valence-electron chi connectivity index (χ2n) is 5.30. The topological polar surface area (TPSA) is 40.5 Å². The molecule has 0 aliphatic rings. The number of hydrogen-bond donors (Lipinski definition) is 2. The number of alkyl halides is 1. The van der Waals surface area contributed by atoms with Gasteiger partial charge in [0.1, 0.15) is 11.5 Å². The largest absolute Gasteiger partial charge is 0.508 e. The number of hydrogen-bond acceptors (Lipinski definition) is 2. The highest BCUT2D eigenvalue weighted by Crippen LogP contribution is 2.46. The van der Waals surface area contributed by atoms with Gasteiger partial charge in [0.2, 0.25) is 0 Å². The Labute approximate surface area is 149 Å². The fourth-order valence-corrected chi connectivity index (χ4v) is 3.68. The molecule has 0 saturated carbocycles. The van der Waals surface area contributed by atoms with Gasteiger partial charge in [-0.25, -0.2) is 0 Å². The second kappa shape index (κ2) is 8.66. The maximum Gasteiger partial charge on any atom is 0.129 e. The lowest BCUT2D eigenvalue weighted by molar-refractivity contribution is 0.432. The first kappa shape index (κ1) is 18.3. The van der Waals surface area contributed by atoms with E-state index in [-0.39, 0.29) is 9.17 Å². The van der Waals surface area contributed by atoms with Gasteiger partial charge < -0.3 is 10.2 Å². The van der Waals surface area contributed by atoms with Crippen molar-refractivity contribution < 1.29 is 10.2 Å². The first-order valence-corrected chi connectivity index (χ1v) is 9.51. The van der Waals surface area contributed by atoms with E-state index in [0.29, 0.717) is 9.32 Å². The molecular formula is C16H24I2O2. The zero-order chi connectivity index (χ0) is 15.2. The molecule has 1 aromatic carbocycles. The molecule has 2 nitrogen and oxygen atoms in total. The molecule has 0 aliphatic carbocycles. The first-order valence-electron chi connectivity index (χ1n) is 7.35. The lowest BCUT2D eigenvalue weighted by atomic mass is 9.89. The van der Waals surface area contributed by atoms with Crippen LogP contribution >= 0.6 is 45.2 Å². The number of unbranched alkanes of at least 4 members (excludes halogenated alkanes) is 4. The van der Waals surface area contributed by atoms with E-state index < -0.39 is 0 Å². The standard InChI is InChI=1S/C16H24I2O2/c1-3-5-6-7-8-9-16(18,4-2)12-10-15(20)13(17)11-14(12)19/h10-11,19-20H,3-9H2,1-2H3. The van der Waals surface area contributed by atoms with Crippen LogP contribution in [0.5, 0.6) is 11.5 Å². The van der Waals surface area contributed by atoms with Gasteiger partial charge in [-0.15, -0.1) is 0 Å². The predicted molar refractivity (Wildman–Crippen MR) is 102 cm³/mol. The molecule has 0 spiro atoms. The third kappa shape index (κ3) is 4.93. The van der Waals surface area contributed by atoms with Crippen LogP contribution in [0.3, 0.4) is 0 Å². The summed E-state index contributed by atoms with van der Waals surface area (Å²) in [4.78, 5) is 0. The number of phenols is 2. The summed E-state index contributed by atoms with van der Waals surface area (Å²) in [6, 6.07) is 3.39. The first-order chi connectivity index (χ1) is 9.44. The van der Waals surface area contributed by atoms with E-state index in [0.717, 1.165) is 18.4 Å². The molecule has 0 aromatic heterocycles. The Morgan fingerprint density at radius 1 is 1.00 bits per heavy atom. The molecule has 0 aliphatic heterocycles. The molecule has 0 bridgehead atoms.